The van der Waals surface area contributed by atoms with Crippen LogP contribution in [0.3, 0.4) is 0 Å². The van der Waals surface area contributed by atoms with E-state index in [0.29, 0.717) is 0 Å². The Kier molecular flexibility index (Phi) is 3.61. The molecule has 5 heteroatoms. The van der Waals surface area contributed by atoms with E-state index >= 15 is 0 Å². The lowest BCUT2D eigenvalue weighted by atomic mass is 9.73. The maximum atomic E-state index is 12.3. The third kappa shape index (κ3) is 2.66. The molecule has 3 N–H and O–H groups in total. The molecule has 1 amide bonds. The second-order valence-corrected chi connectivity index (χ2v) is 5.87. The average Bonchev–Trinajstić information content (AvgIpc) is 2.26. The number of rotatable bonds is 4. The van der Waals surface area contributed by atoms with Crippen LogP contribution in [0.4, 0.5) is 0 Å². The summed E-state index contributed by atoms with van der Waals surface area (Å²) in [5.41, 5.74) is -1.02. The molecule has 102 valence electrons. The third-order valence-electron chi connectivity index (χ3n) is 4.30. The van der Waals surface area contributed by atoms with Crippen molar-refractivity contribution in [3.05, 3.63) is 0 Å². The van der Waals surface area contributed by atoms with Crippen molar-refractivity contribution < 1.29 is 14.7 Å². The number of piperidine rings is 1. The number of amides is 1. The summed E-state index contributed by atoms with van der Waals surface area (Å²) in [4.78, 5) is 23.2. The number of carbonyl (C=O) groups is 2. The highest BCUT2D eigenvalue weighted by atomic mass is 16.4. The average molecular weight is 254 g/mol. The van der Waals surface area contributed by atoms with Crippen LogP contribution in [0.1, 0.15) is 51.9 Å². The highest BCUT2D eigenvalue weighted by Crippen LogP contribution is 2.35. The fraction of sp³-hybridized carbons (Fsp3) is 0.846. The van der Waals surface area contributed by atoms with Crippen LogP contribution in [0, 0.1) is 0 Å². The van der Waals surface area contributed by atoms with Gasteiger partial charge in [0, 0.05) is 0 Å². The van der Waals surface area contributed by atoms with Crippen molar-refractivity contribution >= 4 is 11.9 Å². The normalized spacial score (nSPS) is 30.3. The standard InChI is InChI=1S/C13H22N2O3/c1-12(5-2-3-8-14-12)11(18)15-13(6-4-7-13)9-10(16)17/h14H,2-9H2,1H3,(H,15,18)(H,16,17). The van der Waals surface area contributed by atoms with Gasteiger partial charge in [0.15, 0.2) is 0 Å². The molecule has 2 fully saturated rings. The smallest absolute Gasteiger partial charge is 0.305 e. The molecule has 1 unspecified atom stereocenters. The fourth-order valence-corrected chi connectivity index (χ4v) is 2.87. The summed E-state index contributed by atoms with van der Waals surface area (Å²) in [5, 5.41) is 15.2. The molecule has 18 heavy (non-hydrogen) atoms. The van der Waals surface area contributed by atoms with E-state index in [2.05, 4.69) is 10.6 Å². The quantitative estimate of drug-likeness (QED) is 0.700. The number of nitrogens with one attached hydrogen (secondary N) is 2. The molecule has 0 aromatic heterocycles. The third-order valence-corrected chi connectivity index (χ3v) is 4.30. The Morgan fingerprint density at radius 1 is 1.22 bits per heavy atom. The Morgan fingerprint density at radius 2 is 1.94 bits per heavy atom. The minimum atomic E-state index is -0.836. The first-order valence-electron chi connectivity index (χ1n) is 6.75. The van der Waals surface area contributed by atoms with Crippen molar-refractivity contribution in [2.75, 3.05) is 6.54 Å². The van der Waals surface area contributed by atoms with Crippen molar-refractivity contribution in [1.82, 2.24) is 10.6 Å². The molecule has 1 aliphatic heterocycles. The zero-order valence-corrected chi connectivity index (χ0v) is 10.9. The van der Waals surface area contributed by atoms with Crippen molar-refractivity contribution in [2.24, 2.45) is 0 Å². The van der Waals surface area contributed by atoms with Gasteiger partial charge in [0.2, 0.25) is 5.91 Å². The largest absolute Gasteiger partial charge is 0.481 e. The predicted molar refractivity (Wildman–Crippen MR) is 67.2 cm³/mol. The van der Waals surface area contributed by atoms with E-state index in [9.17, 15) is 9.59 Å². The minimum absolute atomic E-state index is 0.0365. The molecule has 1 saturated carbocycles. The Hall–Kier alpha value is -1.10. The number of hydrogen-bond donors (Lipinski definition) is 3. The van der Waals surface area contributed by atoms with Crippen LogP contribution in [0.2, 0.25) is 0 Å². The number of hydrogen-bond acceptors (Lipinski definition) is 3. The molecule has 0 spiro atoms. The summed E-state index contributed by atoms with van der Waals surface area (Å²) in [6.07, 6.45) is 5.56. The predicted octanol–water partition coefficient (Wildman–Crippen LogP) is 1.03. The van der Waals surface area contributed by atoms with Crippen LogP contribution in [0.5, 0.6) is 0 Å². The second kappa shape index (κ2) is 4.88. The maximum Gasteiger partial charge on any atom is 0.305 e. The lowest BCUT2D eigenvalue weighted by molar-refractivity contribution is -0.141. The molecule has 0 bridgehead atoms. The molecule has 0 aromatic carbocycles. The highest BCUT2D eigenvalue weighted by molar-refractivity contribution is 5.87. The summed E-state index contributed by atoms with van der Waals surface area (Å²) in [6, 6.07) is 0. The fourth-order valence-electron chi connectivity index (χ4n) is 2.87. The Morgan fingerprint density at radius 3 is 2.39 bits per heavy atom. The number of carboxylic acids is 1. The monoisotopic (exact) mass is 254 g/mol. The van der Waals surface area contributed by atoms with Crippen molar-refractivity contribution in [2.45, 2.75) is 62.9 Å². The van der Waals surface area contributed by atoms with E-state index in [1.165, 1.54) is 0 Å². The molecule has 1 atom stereocenters. The zero-order chi connectivity index (χ0) is 13.2. The van der Waals surface area contributed by atoms with Gasteiger partial charge in [-0.05, 0) is 52.0 Å². The van der Waals surface area contributed by atoms with Gasteiger partial charge in [-0.2, -0.15) is 0 Å². The molecule has 1 saturated heterocycles. The summed E-state index contributed by atoms with van der Waals surface area (Å²) in [6.45, 7) is 2.77. The van der Waals surface area contributed by atoms with Crippen molar-refractivity contribution in [3.63, 3.8) is 0 Å². The van der Waals surface area contributed by atoms with E-state index in [-0.39, 0.29) is 12.3 Å². The van der Waals surface area contributed by atoms with Crippen LogP contribution in [0.15, 0.2) is 0 Å². The molecular formula is C13H22N2O3. The Bertz CT molecular complexity index is 344. The number of aliphatic carboxylic acids is 1. The lowest BCUT2D eigenvalue weighted by Gasteiger charge is -2.44. The molecule has 2 rings (SSSR count). The van der Waals surface area contributed by atoms with Gasteiger partial charge < -0.3 is 15.7 Å². The molecule has 2 aliphatic rings. The van der Waals surface area contributed by atoms with Gasteiger partial charge in [-0.3, -0.25) is 9.59 Å². The van der Waals surface area contributed by atoms with Gasteiger partial charge in [0.1, 0.15) is 0 Å². The van der Waals surface area contributed by atoms with E-state index in [4.69, 9.17) is 5.11 Å². The second-order valence-electron chi connectivity index (χ2n) is 5.87. The van der Waals surface area contributed by atoms with Gasteiger partial charge in [0.05, 0.1) is 17.5 Å². The van der Waals surface area contributed by atoms with Crippen LogP contribution >= 0.6 is 0 Å². The lowest BCUT2D eigenvalue weighted by Crippen LogP contribution is -2.64. The van der Waals surface area contributed by atoms with Crippen LogP contribution in [-0.2, 0) is 9.59 Å². The van der Waals surface area contributed by atoms with Gasteiger partial charge in [-0.1, -0.05) is 0 Å². The molecule has 5 nitrogen and oxygen atoms in total. The van der Waals surface area contributed by atoms with Crippen molar-refractivity contribution in [3.8, 4) is 0 Å². The van der Waals surface area contributed by atoms with E-state index < -0.39 is 17.0 Å². The first-order valence-corrected chi connectivity index (χ1v) is 6.75. The molecular weight excluding hydrogens is 232 g/mol. The van der Waals surface area contributed by atoms with E-state index in [0.717, 1.165) is 45.1 Å². The molecule has 1 aliphatic carbocycles. The van der Waals surface area contributed by atoms with Crippen molar-refractivity contribution in [1.29, 1.82) is 0 Å². The van der Waals surface area contributed by atoms with E-state index in [1.807, 2.05) is 6.92 Å². The van der Waals surface area contributed by atoms with Gasteiger partial charge in [-0.25, -0.2) is 0 Å². The Labute approximate surface area is 107 Å². The topological polar surface area (TPSA) is 78.4 Å². The summed E-state index contributed by atoms with van der Waals surface area (Å²) in [7, 11) is 0. The van der Waals surface area contributed by atoms with Gasteiger partial charge in [0.25, 0.3) is 0 Å². The minimum Gasteiger partial charge on any atom is -0.481 e. The SMILES string of the molecule is CC1(C(=O)NC2(CC(=O)O)CCC2)CCCCN1. The first kappa shape index (κ1) is 13.3. The molecule has 0 aromatic rings. The van der Waals surface area contributed by atoms with Gasteiger partial charge in [-0.15, -0.1) is 0 Å². The number of carboxylic acid groups (broad SMARTS) is 1. The highest BCUT2D eigenvalue weighted by Gasteiger charge is 2.44. The maximum absolute atomic E-state index is 12.3. The molecule has 1 heterocycles. The molecule has 0 radical (unpaired) electrons. The van der Waals surface area contributed by atoms with Crippen LogP contribution in [-0.4, -0.2) is 34.6 Å². The first-order chi connectivity index (χ1) is 8.46. The number of carbonyl (C=O) groups excluding carboxylic acids is 1. The summed E-state index contributed by atoms with van der Waals surface area (Å²) in [5.74, 6) is -0.875. The Balaban J connectivity index is 1.98. The summed E-state index contributed by atoms with van der Waals surface area (Å²) >= 11 is 0. The van der Waals surface area contributed by atoms with Crippen LogP contribution < -0.4 is 10.6 Å². The van der Waals surface area contributed by atoms with Gasteiger partial charge >= 0.3 is 5.97 Å². The van der Waals surface area contributed by atoms with E-state index in [1.54, 1.807) is 0 Å². The summed E-state index contributed by atoms with van der Waals surface area (Å²) < 4.78 is 0. The van der Waals surface area contributed by atoms with Crippen LogP contribution in [0.25, 0.3) is 0 Å². The zero-order valence-electron chi connectivity index (χ0n) is 10.9.